The molecule has 0 heterocycles. The molecule has 1 unspecified atom stereocenters. The molecule has 0 fully saturated rings. The summed E-state index contributed by atoms with van der Waals surface area (Å²) < 4.78 is 29.2. The van der Waals surface area contributed by atoms with Gasteiger partial charge in [-0.3, -0.25) is 4.89 Å². The molecule has 0 radical (unpaired) electrons. The van der Waals surface area contributed by atoms with E-state index < -0.39 is 27.1 Å². The quantitative estimate of drug-likeness (QED) is 0.514. The highest BCUT2D eigenvalue weighted by atomic mass is 31.3. The lowest BCUT2D eigenvalue weighted by molar-refractivity contribution is 0.227. The highest BCUT2D eigenvalue weighted by Gasteiger charge is 2.34. The Kier molecular flexibility index (Phi) is 6.78. The van der Waals surface area contributed by atoms with E-state index in [1.807, 2.05) is 6.07 Å². The number of hydrogen-bond donors (Lipinski definition) is 5. The number of benzene rings is 2. The van der Waals surface area contributed by atoms with Crippen LogP contribution in [0.5, 0.6) is 17.2 Å². The maximum atomic E-state index is 11.1. The summed E-state index contributed by atoms with van der Waals surface area (Å²) in [6.07, 6.45) is 0. The second-order valence-corrected chi connectivity index (χ2v) is 6.69. The summed E-state index contributed by atoms with van der Waals surface area (Å²) in [5.41, 5.74) is 0. The summed E-state index contributed by atoms with van der Waals surface area (Å²) in [6.45, 7) is 0. The highest BCUT2D eigenvalue weighted by molar-refractivity contribution is 7.60. The van der Waals surface area contributed by atoms with Crippen LogP contribution < -0.4 is 4.52 Å². The molecule has 0 aliphatic carbocycles. The second kappa shape index (κ2) is 8.12. The maximum Gasteiger partial charge on any atom is 0.536 e. The van der Waals surface area contributed by atoms with Crippen molar-refractivity contribution in [3.63, 3.8) is 0 Å². The molecule has 9 nitrogen and oxygen atoms in total. The van der Waals surface area contributed by atoms with Crippen molar-refractivity contribution >= 4 is 15.6 Å². The summed E-state index contributed by atoms with van der Waals surface area (Å²) in [5, 5.41) is 17.8. The zero-order valence-electron chi connectivity index (χ0n) is 11.5. The van der Waals surface area contributed by atoms with E-state index in [1.165, 1.54) is 12.1 Å². The van der Waals surface area contributed by atoms with Gasteiger partial charge in [0.15, 0.2) is 11.5 Å². The van der Waals surface area contributed by atoms with Gasteiger partial charge in [0.05, 0.1) is 0 Å². The van der Waals surface area contributed by atoms with Crippen LogP contribution in [0.2, 0.25) is 0 Å². The van der Waals surface area contributed by atoms with Gasteiger partial charge in [-0.1, -0.05) is 30.3 Å². The molecule has 0 aromatic heterocycles. The minimum absolute atomic E-state index is 0.322. The van der Waals surface area contributed by atoms with E-state index >= 15 is 0 Å². The first-order chi connectivity index (χ1) is 10.6. The van der Waals surface area contributed by atoms with E-state index in [-0.39, 0.29) is 0 Å². The lowest BCUT2D eigenvalue weighted by atomic mass is 10.3. The van der Waals surface area contributed by atoms with E-state index in [0.717, 1.165) is 12.1 Å². The fraction of sp³-hybridized carbons (Fsp3) is 0. The molecule has 126 valence electrons. The third kappa shape index (κ3) is 8.37. The highest BCUT2D eigenvalue weighted by Crippen LogP contribution is 2.57. The Morgan fingerprint density at radius 1 is 0.783 bits per heavy atom. The summed E-state index contributed by atoms with van der Waals surface area (Å²) in [6, 6.07) is 13.8. The average Bonchev–Trinajstić information content (AvgIpc) is 2.40. The second-order valence-electron chi connectivity index (χ2n) is 3.94. The van der Waals surface area contributed by atoms with Gasteiger partial charge in [0.25, 0.3) is 0 Å². The topological polar surface area (TPSA) is 154 Å². The maximum absolute atomic E-state index is 11.1. The molecular formula is C12H14O9P2. The van der Waals surface area contributed by atoms with E-state index in [0.29, 0.717) is 5.75 Å². The number of hydrogen-bond acceptors (Lipinski definition) is 6. The van der Waals surface area contributed by atoms with Gasteiger partial charge in [0.1, 0.15) is 5.75 Å². The van der Waals surface area contributed by atoms with Crippen LogP contribution in [0, 0.1) is 0 Å². The molecule has 11 heteroatoms. The minimum atomic E-state index is -5.16. The zero-order valence-corrected chi connectivity index (χ0v) is 13.2. The van der Waals surface area contributed by atoms with E-state index in [4.69, 9.17) is 24.9 Å². The van der Waals surface area contributed by atoms with Crippen LogP contribution in [-0.4, -0.2) is 24.9 Å². The van der Waals surface area contributed by atoms with Crippen LogP contribution in [0.3, 0.4) is 0 Å². The molecule has 0 aliphatic heterocycles. The third-order valence-corrected chi connectivity index (χ3v) is 4.15. The SMILES string of the molecule is O=P(O)(O)OP(=O)(O)Oc1ccccc1O.Oc1ccccc1. The zero-order chi connectivity index (χ0) is 17.5. The van der Waals surface area contributed by atoms with Crippen molar-refractivity contribution < 1.29 is 42.9 Å². The number of aromatic hydroxyl groups is 2. The lowest BCUT2D eigenvalue weighted by Gasteiger charge is -2.13. The first-order valence-electron chi connectivity index (χ1n) is 5.90. The van der Waals surface area contributed by atoms with Crippen LogP contribution in [0.15, 0.2) is 54.6 Å². The molecule has 0 saturated heterocycles. The summed E-state index contributed by atoms with van der Waals surface area (Å²) >= 11 is 0. The molecule has 0 bridgehead atoms. The molecule has 1 atom stereocenters. The first-order valence-corrected chi connectivity index (χ1v) is 8.93. The monoisotopic (exact) mass is 364 g/mol. The number of phenols is 2. The predicted molar refractivity (Wildman–Crippen MR) is 79.8 cm³/mol. The Labute approximate surface area is 131 Å². The Balaban J connectivity index is 0.000000313. The van der Waals surface area contributed by atoms with Crippen molar-refractivity contribution in [1.29, 1.82) is 0 Å². The summed E-state index contributed by atoms with van der Waals surface area (Å²) in [4.78, 5) is 25.6. The van der Waals surface area contributed by atoms with Crippen molar-refractivity contribution in [1.82, 2.24) is 0 Å². The van der Waals surface area contributed by atoms with Gasteiger partial charge >= 0.3 is 15.6 Å². The Morgan fingerprint density at radius 3 is 1.74 bits per heavy atom. The van der Waals surface area contributed by atoms with Crippen molar-refractivity contribution in [2.45, 2.75) is 0 Å². The van der Waals surface area contributed by atoms with Crippen molar-refractivity contribution in [2.75, 3.05) is 0 Å². The molecule has 0 aliphatic rings. The molecule has 23 heavy (non-hydrogen) atoms. The Morgan fingerprint density at radius 2 is 1.30 bits per heavy atom. The molecule has 0 amide bonds. The Hall–Kier alpha value is -1.86. The van der Waals surface area contributed by atoms with E-state index in [9.17, 15) is 9.13 Å². The van der Waals surface area contributed by atoms with Crippen LogP contribution >= 0.6 is 15.6 Å². The largest absolute Gasteiger partial charge is 0.536 e. The first kappa shape index (κ1) is 19.2. The smallest absolute Gasteiger partial charge is 0.508 e. The molecule has 2 rings (SSSR count). The third-order valence-electron chi connectivity index (χ3n) is 2.04. The Bertz CT molecular complexity index is 713. The average molecular weight is 364 g/mol. The number of phosphoric ester groups is 1. The number of para-hydroxylation sites is 3. The summed E-state index contributed by atoms with van der Waals surface area (Å²) in [7, 11) is -10.1. The minimum Gasteiger partial charge on any atom is -0.508 e. The van der Waals surface area contributed by atoms with E-state index in [2.05, 4.69) is 8.83 Å². The van der Waals surface area contributed by atoms with Gasteiger partial charge in [0.2, 0.25) is 0 Å². The fourth-order valence-corrected chi connectivity index (χ4v) is 2.85. The van der Waals surface area contributed by atoms with Gasteiger partial charge in [0, 0.05) is 0 Å². The molecule has 0 spiro atoms. The van der Waals surface area contributed by atoms with Crippen molar-refractivity contribution in [2.24, 2.45) is 0 Å². The molecular weight excluding hydrogens is 350 g/mol. The van der Waals surface area contributed by atoms with Gasteiger partial charge < -0.3 is 24.5 Å². The normalized spacial score (nSPS) is 13.3. The van der Waals surface area contributed by atoms with Crippen LogP contribution in [0.25, 0.3) is 0 Å². The van der Waals surface area contributed by atoms with Gasteiger partial charge in [-0.15, -0.1) is 0 Å². The molecule has 2 aromatic rings. The van der Waals surface area contributed by atoms with Crippen molar-refractivity contribution in [3.05, 3.63) is 54.6 Å². The number of phenolic OH excluding ortho intramolecular Hbond substituents is 2. The van der Waals surface area contributed by atoms with Gasteiger partial charge in [-0.05, 0) is 24.3 Å². The number of rotatable bonds is 4. The fourth-order valence-electron chi connectivity index (χ4n) is 1.24. The lowest BCUT2D eigenvalue weighted by Crippen LogP contribution is -1.96. The number of phosphoric acid groups is 2. The predicted octanol–water partition coefficient (Wildman–Crippen LogP) is 2.37. The molecule has 2 aromatic carbocycles. The summed E-state index contributed by atoms with van der Waals surface area (Å²) in [5.74, 6) is -0.574. The van der Waals surface area contributed by atoms with Crippen molar-refractivity contribution in [3.8, 4) is 17.2 Å². The van der Waals surface area contributed by atoms with Crippen LogP contribution in [-0.2, 0) is 13.4 Å². The standard InChI is InChI=1S/C6H8O8P2.C6H6O/c7-5-3-1-2-4-6(5)13-16(11,12)14-15(8,9)10;7-6-4-2-1-3-5-6/h1-4,7H,(H,11,12)(H2,8,9,10);1-5,7H. The van der Waals surface area contributed by atoms with Gasteiger partial charge in [-0.2, -0.15) is 4.31 Å². The molecule has 0 saturated carbocycles. The van der Waals surface area contributed by atoms with E-state index in [1.54, 1.807) is 24.3 Å². The van der Waals surface area contributed by atoms with Crippen LogP contribution in [0.1, 0.15) is 0 Å². The van der Waals surface area contributed by atoms with Crippen LogP contribution in [0.4, 0.5) is 0 Å². The van der Waals surface area contributed by atoms with Gasteiger partial charge in [-0.25, -0.2) is 9.13 Å². The molecule has 5 N–H and O–H groups in total.